The molecule has 144 valence electrons. The van der Waals surface area contributed by atoms with E-state index in [0.717, 1.165) is 32.5 Å². The number of carbonyl (C=O) groups is 1. The maximum atomic E-state index is 11.0. The number of aromatic nitrogens is 3. The van der Waals surface area contributed by atoms with Crippen molar-refractivity contribution in [2.24, 2.45) is 0 Å². The zero-order valence-corrected chi connectivity index (χ0v) is 16.4. The summed E-state index contributed by atoms with van der Waals surface area (Å²) in [5.74, 6) is -0.383. The number of hydrogen-bond acceptors (Lipinski definition) is 6. The first-order valence-electron chi connectivity index (χ1n) is 8.91. The molecule has 29 heavy (non-hydrogen) atoms. The minimum absolute atomic E-state index is 0.251. The topological polar surface area (TPSA) is 85.2 Å². The number of nitrogens with zero attached hydrogens (tertiary/aromatic N) is 3. The molecule has 7 heteroatoms. The summed E-state index contributed by atoms with van der Waals surface area (Å²) in [6, 6.07) is 18.0. The zero-order chi connectivity index (χ0) is 20.2. The van der Waals surface area contributed by atoms with Crippen molar-refractivity contribution in [3.05, 3.63) is 83.1 Å². The number of hydrogen-bond donors (Lipinski definition) is 1. The molecule has 0 atom stereocenters. The molecule has 0 aliphatic rings. The summed E-state index contributed by atoms with van der Waals surface area (Å²) in [4.78, 5) is 25.5. The minimum Gasteiger partial charge on any atom is -0.478 e. The SMILES string of the molecule is Cc1nc(COc2ccccn2)sc1-c1cccc(-c2ccc(C(=O)O)cc2)n1. The van der Waals surface area contributed by atoms with Crippen molar-refractivity contribution < 1.29 is 14.6 Å². The number of aromatic carboxylic acids is 1. The Bertz CT molecular complexity index is 1140. The van der Waals surface area contributed by atoms with E-state index in [2.05, 4.69) is 9.97 Å². The second-order valence-electron chi connectivity index (χ2n) is 6.27. The molecule has 0 unspecified atom stereocenters. The summed E-state index contributed by atoms with van der Waals surface area (Å²) < 4.78 is 5.69. The summed E-state index contributed by atoms with van der Waals surface area (Å²) in [7, 11) is 0. The molecule has 0 fully saturated rings. The van der Waals surface area contributed by atoms with Gasteiger partial charge in [-0.05, 0) is 37.3 Å². The van der Waals surface area contributed by atoms with Crippen LogP contribution in [0.15, 0.2) is 66.9 Å². The van der Waals surface area contributed by atoms with Gasteiger partial charge in [-0.1, -0.05) is 24.3 Å². The fourth-order valence-corrected chi connectivity index (χ4v) is 3.77. The predicted molar refractivity (Wildman–Crippen MR) is 111 cm³/mol. The van der Waals surface area contributed by atoms with Crippen LogP contribution < -0.4 is 4.74 Å². The maximum absolute atomic E-state index is 11.0. The number of thiazole rings is 1. The van der Waals surface area contributed by atoms with Crippen LogP contribution >= 0.6 is 11.3 Å². The maximum Gasteiger partial charge on any atom is 0.335 e. The van der Waals surface area contributed by atoms with E-state index in [9.17, 15) is 4.79 Å². The average molecular weight is 403 g/mol. The molecule has 0 amide bonds. The Morgan fingerprint density at radius 2 is 1.79 bits per heavy atom. The second-order valence-corrected chi connectivity index (χ2v) is 7.35. The number of carboxylic acids is 1. The summed E-state index contributed by atoms with van der Waals surface area (Å²) in [5.41, 5.74) is 3.60. The lowest BCUT2D eigenvalue weighted by Gasteiger charge is -2.04. The molecule has 0 saturated heterocycles. The van der Waals surface area contributed by atoms with Gasteiger partial charge < -0.3 is 9.84 Å². The predicted octanol–water partition coefficient (Wildman–Crippen LogP) is 4.85. The number of benzene rings is 1. The number of aryl methyl sites for hydroxylation is 1. The van der Waals surface area contributed by atoms with Gasteiger partial charge in [0.15, 0.2) is 0 Å². The van der Waals surface area contributed by atoms with Crippen LogP contribution in [0, 0.1) is 6.92 Å². The van der Waals surface area contributed by atoms with Crippen LogP contribution in [0.4, 0.5) is 0 Å². The van der Waals surface area contributed by atoms with E-state index in [-0.39, 0.29) is 5.56 Å². The fraction of sp³-hybridized carbons (Fsp3) is 0.0909. The van der Waals surface area contributed by atoms with Gasteiger partial charge >= 0.3 is 5.97 Å². The highest BCUT2D eigenvalue weighted by atomic mass is 32.1. The van der Waals surface area contributed by atoms with Gasteiger partial charge in [0, 0.05) is 17.8 Å². The normalized spacial score (nSPS) is 10.7. The summed E-state index contributed by atoms with van der Waals surface area (Å²) >= 11 is 1.54. The van der Waals surface area contributed by atoms with E-state index in [1.807, 2.05) is 43.3 Å². The Morgan fingerprint density at radius 3 is 2.52 bits per heavy atom. The van der Waals surface area contributed by atoms with Crippen LogP contribution in [0.3, 0.4) is 0 Å². The molecule has 0 spiro atoms. The molecule has 4 aromatic rings. The van der Waals surface area contributed by atoms with Crippen LogP contribution in [0.25, 0.3) is 21.8 Å². The molecule has 1 aromatic carbocycles. The Balaban J connectivity index is 1.56. The van der Waals surface area contributed by atoms with Crippen LogP contribution in [-0.4, -0.2) is 26.0 Å². The first kappa shape index (κ1) is 18.8. The first-order valence-corrected chi connectivity index (χ1v) is 9.73. The van der Waals surface area contributed by atoms with Crippen molar-refractivity contribution in [1.82, 2.24) is 15.0 Å². The molecule has 0 aliphatic carbocycles. The van der Waals surface area contributed by atoms with Gasteiger partial charge in [-0.25, -0.2) is 19.7 Å². The highest BCUT2D eigenvalue weighted by molar-refractivity contribution is 7.15. The quantitative estimate of drug-likeness (QED) is 0.495. The first-order chi connectivity index (χ1) is 14.1. The van der Waals surface area contributed by atoms with Crippen LogP contribution in [0.5, 0.6) is 5.88 Å². The lowest BCUT2D eigenvalue weighted by atomic mass is 10.1. The lowest BCUT2D eigenvalue weighted by Crippen LogP contribution is -1.96. The van der Waals surface area contributed by atoms with Gasteiger partial charge in [-0.2, -0.15) is 0 Å². The van der Waals surface area contributed by atoms with Gasteiger partial charge in [-0.3, -0.25) is 0 Å². The van der Waals surface area contributed by atoms with E-state index in [4.69, 9.17) is 14.8 Å². The van der Waals surface area contributed by atoms with E-state index < -0.39 is 5.97 Å². The molecule has 0 aliphatic heterocycles. The Labute approximate surface area is 171 Å². The smallest absolute Gasteiger partial charge is 0.335 e. The molecule has 6 nitrogen and oxygen atoms in total. The Kier molecular flexibility index (Phi) is 5.31. The highest BCUT2D eigenvalue weighted by Crippen LogP contribution is 2.31. The third-order valence-electron chi connectivity index (χ3n) is 4.23. The van der Waals surface area contributed by atoms with Crippen LogP contribution in [0.2, 0.25) is 0 Å². The number of carboxylic acid groups (broad SMARTS) is 1. The largest absolute Gasteiger partial charge is 0.478 e. The Morgan fingerprint density at radius 1 is 1.00 bits per heavy atom. The van der Waals surface area contributed by atoms with Crippen molar-refractivity contribution in [3.63, 3.8) is 0 Å². The molecule has 4 rings (SSSR count). The third kappa shape index (κ3) is 4.30. The van der Waals surface area contributed by atoms with Crippen molar-refractivity contribution in [2.45, 2.75) is 13.5 Å². The summed E-state index contributed by atoms with van der Waals surface area (Å²) in [5, 5.41) is 9.90. The van der Waals surface area contributed by atoms with Crippen molar-refractivity contribution >= 4 is 17.3 Å². The van der Waals surface area contributed by atoms with Gasteiger partial charge in [0.2, 0.25) is 5.88 Å². The van der Waals surface area contributed by atoms with Gasteiger partial charge in [0.1, 0.15) is 11.6 Å². The van der Waals surface area contributed by atoms with Gasteiger partial charge in [0.25, 0.3) is 0 Å². The second kappa shape index (κ2) is 8.20. The van der Waals surface area contributed by atoms with Crippen molar-refractivity contribution in [1.29, 1.82) is 0 Å². The standard InChI is InChI=1S/C22H17N3O3S/c1-14-21(29-20(24-14)13-28-19-7-2-3-12-23-19)18-6-4-5-17(25-18)15-8-10-16(11-9-15)22(26)27/h2-12H,13H2,1H3,(H,26,27). The molecule has 1 N–H and O–H groups in total. The highest BCUT2D eigenvalue weighted by Gasteiger charge is 2.13. The third-order valence-corrected chi connectivity index (χ3v) is 5.38. The van der Waals surface area contributed by atoms with E-state index in [1.54, 1.807) is 30.5 Å². The molecule has 0 bridgehead atoms. The van der Waals surface area contributed by atoms with Crippen molar-refractivity contribution in [3.8, 4) is 27.7 Å². The Hall–Kier alpha value is -3.58. The minimum atomic E-state index is -0.945. The van der Waals surface area contributed by atoms with Crippen LogP contribution in [-0.2, 0) is 6.61 Å². The van der Waals surface area contributed by atoms with E-state index in [1.165, 1.54) is 11.3 Å². The monoisotopic (exact) mass is 403 g/mol. The average Bonchev–Trinajstić information content (AvgIpc) is 3.14. The van der Waals surface area contributed by atoms with E-state index in [0.29, 0.717) is 12.5 Å². The number of pyridine rings is 2. The zero-order valence-electron chi connectivity index (χ0n) is 15.6. The molecular weight excluding hydrogens is 386 g/mol. The van der Waals surface area contributed by atoms with Gasteiger partial charge in [0.05, 0.1) is 27.5 Å². The number of ether oxygens (including phenoxy) is 1. The number of rotatable bonds is 6. The van der Waals surface area contributed by atoms with E-state index >= 15 is 0 Å². The molecule has 3 heterocycles. The fourth-order valence-electron chi connectivity index (χ4n) is 2.83. The summed E-state index contributed by atoms with van der Waals surface area (Å²) in [6.45, 7) is 2.30. The van der Waals surface area contributed by atoms with Crippen molar-refractivity contribution in [2.75, 3.05) is 0 Å². The summed E-state index contributed by atoms with van der Waals surface area (Å²) in [6.07, 6.45) is 1.69. The van der Waals surface area contributed by atoms with Gasteiger partial charge in [-0.15, -0.1) is 11.3 Å². The molecule has 3 aromatic heterocycles. The van der Waals surface area contributed by atoms with Crippen LogP contribution in [0.1, 0.15) is 21.1 Å². The lowest BCUT2D eigenvalue weighted by molar-refractivity contribution is 0.0697. The molecule has 0 saturated carbocycles. The molecular formula is C22H17N3O3S. The molecule has 0 radical (unpaired) electrons.